The number of benzene rings is 2. The summed E-state index contributed by atoms with van der Waals surface area (Å²) in [4.78, 5) is 14.7. The fourth-order valence-electron chi connectivity index (χ4n) is 2.99. The van der Waals surface area contributed by atoms with Crippen LogP contribution in [0.25, 0.3) is 0 Å². The van der Waals surface area contributed by atoms with E-state index in [0.29, 0.717) is 6.42 Å². The van der Waals surface area contributed by atoms with E-state index in [9.17, 15) is 4.79 Å². The number of carbonyl (C=O) groups excluding carboxylic acids is 1. The molecular weight excluding hydrogens is 278 g/mol. The predicted molar refractivity (Wildman–Crippen MR) is 90.0 cm³/mol. The van der Waals surface area contributed by atoms with Crippen molar-refractivity contribution >= 4 is 24.2 Å². The molecule has 1 aliphatic rings. The van der Waals surface area contributed by atoms with Gasteiger partial charge in [-0.3, -0.25) is 4.79 Å². The number of anilines is 1. The Morgan fingerprint density at radius 3 is 2.62 bits per heavy atom. The molecule has 1 amide bonds. The number of hydrogen-bond donors (Lipinski definition) is 1. The number of hydrogen-bond acceptors (Lipinski definition) is 2. The molecule has 0 saturated carbocycles. The number of carbonyl (C=O) groups is 1. The summed E-state index contributed by atoms with van der Waals surface area (Å²) in [6.45, 7) is 2.10. The van der Waals surface area contributed by atoms with Crippen molar-refractivity contribution in [3.8, 4) is 0 Å². The van der Waals surface area contributed by atoms with E-state index in [1.54, 1.807) is 0 Å². The first-order valence-electron chi connectivity index (χ1n) is 7.30. The highest BCUT2D eigenvalue weighted by molar-refractivity contribution is 7.81. The van der Waals surface area contributed by atoms with E-state index < -0.39 is 0 Å². The molecule has 0 fully saturated rings. The van der Waals surface area contributed by atoms with Crippen LogP contribution in [-0.2, 0) is 17.6 Å². The van der Waals surface area contributed by atoms with Crippen LogP contribution in [0.15, 0.2) is 54.6 Å². The summed E-state index contributed by atoms with van der Waals surface area (Å²) in [6, 6.07) is 18.4. The highest BCUT2D eigenvalue weighted by Gasteiger charge is 2.33. The molecule has 2 atom stereocenters. The quantitative estimate of drug-likeness (QED) is 0.860. The summed E-state index contributed by atoms with van der Waals surface area (Å²) in [5, 5.41) is -0.305. The van der Waals surface area contributed by atoms with Gasteiger partial charge in [0.15, 0.2) is 0 Å². The Balaban J connectivity index is 1.79. The predicted octanol–water partition coefficient (Wildman–Crippen LogP) is 3.51. The van der Waals surface area contributed by atoms with E-state index >= 15 is 0 Å². The van der Waals surface area contributed by atoms with Crippen LogP contribution in [0.3, 0.4) is 0 Å². The second-order valence-electron chi connectivity index (χ2n) is 5.60. The van der Waals surface area contributed by atoms with E-state index in [1.165, 1.54) is 5.56 Å². The maximum absolute atomic E-state index is 12.8. The Morgan fingerprint density at radius 2 is 1.86 bits per heavy atom. The van der Waals surface area contributed by atoms with Gasteiger partial charge < -0.3 is 4.90 Å². The molecule has 0 radical (unpaired) electrons. The largest absolute Gasteiger partial charge is 0.308 e. The van der Waals surface area contributed by atoms with Gasteiger partial charge in [-0.25, -0.2) is 0 Å². The van der Waals surface area contributed by atoms with Gasteiger partial charge in [0.2, 0.25) is 5.91 Å². The lowest BCUT2D eigenvalue weighted by atomic mass is 10.1. The van der Waals surface area contributed by atoms with Gasteiger partial charge in [-0.2, -0.15) is 12.6 Å². The Bertz CT molecular complexity index is 641. The maximum Gasteiger partial charge on any atom is 0.240 e. The van der Waals surface area contributed by atoms with Crippen molar-refractivity contribution in [2.75, 3.05) is 4.90 Å². The molecule has 108 valence electrons. The molecule has 0 aromatic heterocycles. The fraction of sp³-hybridized carbons (Fsp3) is 0.278. The van der Waals surface area contributed by atoms with Gasteiger partial charge in [-0.1, -0.05) is 48.5 Å². The van der Waals surface area contributed by atoms with Gasteiger partial charge in [0.05, 0.1) is 5.25 Å². The zero-order chi connectivity index (χ0) is 14.8. The zero-order valence-corrected chi connectivity index (χ0v) is 13.0. The van der Waals surface area contributed by atoms with Gasteiger partial charge in [0.25, 0.3) is 0 Å². The van der Waals surface area contributed by atoms with Gasteiger partial charge in [-0.15, -0.1) is 0 Å². The molecule has 21 heavy (non-hydrogen) atoms. The maximum atomic E-state index is 12.8. The van der Waals surface area contributed by atoms with Crippen LogP contribution in [0.4, 0.5) is 5.69 Å². The molecule has 0 N–H and O–H groups in total. The van der Waals surface area contributed by atoms with Gasteiger partial charge in [0, 0.05) is 11.7 Å². The van der Waals surface area contributed by atoms with Crippen LogP contribution in [0, 0.1) is 0 Å². The molecular formula is C18H19NOS. The second kappa shape index (κ2) is 5.94. The van der Waals surface area contributed by atoms with Gasteiger partial charge in [0.1, 0.15) is 0 Å². The third-order valence-electron chi connectivity index (χ3n) is 4.00. The van der Waals surface area contributed by atoms with Crippen molar-refractivity contribution < 1.29 is 4.79 Å². The third-order valence-corrected chi connectivity index (χ3v) is 4.41. The van der Waals surface area contributed by atoms with E-state index in [2.05, 4.69) is 25.6 Å². The summed E-state index contributed by atoms with van der Waals surface area (Å²) < 4.78 is 0. The van der Waals surface area contributed by atoms with Crippen molar-refractivity contribution in [3.63, 3.8) is 0 Å². The molecule has 0 bridgehead atoms. The second-order valence-corrected chi connectivity index (χ2v) is 6.22. The average Bonchev–Trinajstić information content (AvgIpc) is 2.83. The molecule has 2 aromatic rings. The Morgan fingerprint density at radius 1 is 1.19 bits per heavy atom. The van der Waals surface area contributed by atoms with Gasteiger partial charge >= 0.3 is 0 Å². The van der Waals surface area contributed by atoms with Gasteiger partial charge in [-0.05, 0) is 37.0 Å². The molecule has 2 unspecified atom stereocenters. The highest BCUT2D eigenvalue weighted by atomic mass is 32.1. The first-order valence-corrected chi connectivity index (χ1v) is 7.81. The minimum atomic E-state index is -0.305. The lowest BCUT2D eigenvalue weighted by Crippen LogP contribution is -2.41. The van der Waals surface area contributed by atoms with Crippen LogP contribution in [-0.4, -0.2) is 17.2 Å². The summed E-state index contributed by atoms with van der Waals surface area (Å²) in [5.74, 6) is 0.0969. The van der Waals surface area contributed by atoms with Crippen molar-refractivity contribution in [1.82, 2.24) is 0 Å². The zero-order valence-electron chi connectivity index (χ0n) is 12.1. The summed E-state index contributed by atoms with van der Waals surface area (Å²) in [5.41, 5.74) is 3.44. The normalized spacial score (nSPS) is 18.4. The third kappa shape index (κ3) is 2.84. The number of amides is 1. The molecule has 0 saturated heterocycles. The molecule has 2 nitrogen and oxygen atoms in total. The Hall–Kier alpha value is -1.74. The SMILES string of the molecule is CC1Cc2ccccc2N1C(=O)C(S)Cc1ccccc1. The fourth-order valence-corrected chi connectivity index (χ4v) is 3.32. The van der Waals surface area contributed by atoms with E-state index in [1.807, 2.05) is 53.4 Å². The lowest BCUT2D eigenvalue weighted by Gasteiger charge is -2.25. The number of para-hydroxylation sites is 1. The minimum absolute atomic E-state index is 0.0969. The molecule has 0 aliphatic carbocycles. The van der Waals surface area contributed by atoms with Crippen LogP contribution in [0.5, 0.6) is 0 Å². The van der Waals surface area contributed by atoms with Crippen LogP contribution < -0.4 is 4.90 Å². The number of thiol groups is 1. The monoisotopic (exact) mass is 297 g/mol. The van der Waals surface area contributed by atoms with E-state index in [-0.39, 0.29) is 17.2 Å². The van der Waals surface area contributed by atoms with Crippen molar-refractivity contribution in [2.45, 2.75) is 31.1 Å². The summed E-state index contributed by atoms with van der Waals surface area (Å²) in [6.07, 6.45) is 1.59. The number of nitrogens with zero attached hydrogens (tertiary/aromatic N) is 1. The number of fused-ring (bicyclic) bond motifs is 1. The van der Waals surface area contributed by atoms with E-state index in [4.69, 9.17) is 0 Å². The summed E-state index contributed by atoms with van der Waals surface area (Å²) >= 11 is 4.55. The van der Waals surface area contributed by atoms with Crippen LogP contribution in [0.2, 0.25) is 0 Å². The molecule has 3 heteroatoms. The van der Waals surface area contributed by atoms with Crippen molar-refractivity contribution in [3.05, 3.63) is 65.7 Å². The smallest absolute Gasteiger partial charge is 0.240 e. The first-order chi connectivity index (χ1) is 10.2. The Labute approximate surface area is 131 Å². The highest BCUT2D eigenvalue weighted by Crippen LogP contribution is 2.33. The standard InChI is InChI=1S/C18H19NOS/c1-13-11-15-9-5-6-10-16(15)19(13)18(20)17(21)12-14-7-3-2-4-8-14/h2-10,13,17,21H,11-12H2,1H3. The molecule has 1 aliphatic heterocycles. The summed E-state index contributed by atoms with van der Waals surface area (Å²) in [7, 11) is 0. The topological polar surface area (TPSA) is 20.3 Å². The van der Waals surface area contributed by atoms with Crippen molar-refractivity contribution in [1.29, 1.82) is 0 Å². The number of rotatable bonds is 3. The molecule has 1 heterocycles. The Kier molecular flexibility index (Phi) is 4.02. The van der Waals surface area contributed by atoms with Crippen LogP contribution in [0.1, 0.15) is 18.1 Å². The van der Waals surface area contributed by atoms with E-state index in [0.717, 1.165) is 17.7 Å². The molecule has 2 aromatic carbocycles. The molecule has 3 rings (SSSR count). The van der Waals surface area contributed by atoms with Crippen LogP contribution >= 0.6 is 12.6 Å². The minimum Gasteiger partial charge on any atom is -0.308 e. The average molecular weight is 297 g/mol. The first kappa shape index (κ1) is 14.2. The molecule has 0 spiro atoms. The van der Waals surface area contributed by atoms with Crippen molar-refractivity contribution in [2.24, 2.45) is 0 Å². The lowest BCUT2D eigenvalue weighted by molar-refractivity contribution is -0.118.